The van der Waals surface area contributed by atoms with Crippen LogP contribution in [0.1, 0.15) is 18.9 Å². The summed E-state index contributed by atoms with van der Waals surface area (Å²) in [5.41, 5.74) is 2.27. The molecule has 0 saturated carbocycles. The van der Waals surface area contributed by atoms with E-state index in [-0.39, 0.29) is 5.75 Å². The number of nitrogens with zero attached hydrogens (tertiary/aromatic N) is 1. The zero-order valence-electron chi connectivity index (χ0n) is 10.3. The maximum absolute atomic E-state index is 10.6. The summed E-state index contributed by atoms with van der Waals surface area (Å²) in [5.74, 6) is -0.185. The first-order valence-electron chi connectivity index (χ1n) is 5.69. The SMILES string of the molecule is CCN(CCCS(=O)(=O)O)c1ccc(C)cc1. The lowest BCUT2D eigenvalue weighted by atomic mass is 10.2. The fourth-order valence-corrected chi connectivity index (χ4v) is 2.16. The van der Waals surface area contributed by atoms with Gasteiger partial charge in [0.25, 0.3) is 10.1 Å². The lowest BCUT2D eigenvalue weighted by molar-refractivity contribution is 0.481. The van der Waals surface area contributed by atoms with E-state index in [9.17, 15) is 8.42 Å². The van der Waals surface area contributed by atoms with Crippen molar-refractivity contribution < 1.29 is 13.0 Å². The van der Waals surface area contributed by atoms with E-state index < -0.39 is 10.1 Å². The Morgan fingerprint density at radius 2 is 1.82 bits per heavy atom. The molecule has 4 nitrogen and oxygen atoms in total. The Labute approximate surface area is 103 Å². The minimum Gasteiger partial charge on any atom is -0.372 e. The molecule has 5 heteroatoms. The molecule has 17 heavy (non-hydrogen) atoms. The molecule has 0 aliphatic rings. The van der Waals surface area contributed by atoms with Crippen LogP contribution in [0.5, 0.6) is 0 Å². The molecule has 1 N–H and O–H groups in total. The van der Waals surface area contributed by atoms with Gasteiger partial charge in [0, 0.05) is 18.8 Å². The van der Waals surface area contributed by atoms with Gasteiger partial charge in [-0.1, -0.05) is 17.7 Å². The summed E-state index contributed by atoms with van der Waals surface area (Å²) in [4.78, 5) is 2.09. The summed E-state index contributed by atoms with van der Waals surface area (Å²) in [5, 5.41) is 0. The molecule has 0 amide bonds. The summed E-state index contributed by atoms with van der Waals surface area (Å²) in [6, 6.07) is 8.10. The third-order valence-electron chi connectivity index (χ3n) is 2.61. The highest BCUT2D eigenvalue weighted by molar-refractivity contribution is 7.85. The second-order valence-corrected chi connectivity index (χ2v) is 5.63. The molecule has 1 rings (SSSR count). The molecule has 0 radical (unpaired) electrons. The fourth-order valence-electron chi connectivity index (χ4n) is 1.66. The predicted octanol–water partition coefficient (Wildman–Crippen LogP) is 2.10. The number of hydrogen-bond donors (Lipinski definition) is 1. The van der Waals surface area contributed by atoms with Crippen molar-refractivity contribution in [3.05, 3.63) is 29.8 Å². The van der Waals surface area contributed by atoms with Crippen LogP contribution >= 0.6 is 0 Å². The molecule has 0 unspecified atom stereocenters. The number of anilines is 1. The lowest BCUT2D eigenvalue weighted by Gasteiger charge is -2.22. The van der Waals surface area contributed by atoms with Crippen LogP contribution in [0.3, 0.4) is 0 Å². The van der Waals surface area contributed by atoms with Crippen molar-refractivity contribution in [2.75, 3.05) is 23.7 Å². The average molecular weight is 257 g/mol. The highest BCUT2D eigenvalue weighted by Crippen LogP contribution is 2.15. The third kappa shape index (κ3) is 5.19. The van der Waals surface area contributed by atoms with Crippen LogP contribution in [0.15, 0.2) is 24.3 Å². The van der Waals surface area contributed by atoms with Crippen molar-refractivity contribution >= 4 is 15.8 Å². The van der Waals surface area contributed by atoms with Crippen molar-refractivity contribution in [1.82, 2.24) is 0 Å². The molecule has 0 aliphatic heterocycles. The standard InChI is InChI=1S/C12H19NO3S/c1-3-13(9-4-10-17(14,15)16)12-7-5-11(2)6-8-12/h5-8H,3-4,9-10H2,1-2H3,(H,14,15,16). The second-order valence-electron chi connectivity index (χ2n) is 4.05. The molecule has 0 aliphatic carbocycles. The van der Waals surface area contributed by atoms with Crippen LogP contribution in [0, 0.1) is 6.92 Å². The molecule has 0 atom stereocenters. The number of rotatable bonds is 6. The maximum Gasteiger partial charge on any atom is 0.264 e. The van der Waals surface area contributed by atoms with Gasteiger partial charge in [0.1, 0.15) is 0 Å². The zero-order chi connectivity index (χ0) is 12.9. The van der Waals surface area contributed by atoms with Gasteiger partial charge in [-0.05, 0) is 32.4 Å². The van der Waals surface area contributed by atoms with E-state index in [0.717, 1.165) is 12.2 Å². The number of benzene rings is 1. The van der Waals surface area contributed by atoms with Crippen molar-refractivity contribution in [3.8, 4) is 0 Å². The molecule has 1 aromatic rings. The van der Waals surface area contributed by atoms with Crippen molar-refractivity contribution in [3.63, 3.8) is 0 Å². The first kappa shape index (κ1) is 14.0. The van der Waals surface area contributed by atoms with Gasteiger partial charge in [0.05, 0.1) is 5.75 Å². The fraction of sp³-hybridized carbons (Fsp3) is 0.500. The van der Waals surface area contributed by atoms with Crippen LogP contribution in [0.4, 0.5) is 5.69 Å². The van der Waals surface area contributed by atoms with E-state index in [1.807, 2.05) is 38.1 Å². The van der Waals surface area contributed by atoms with Crippen molar-refractivity contribution in [2.45, 2.75) is 20.3 Å². The van der Waals surface area contributed by atoms with Crippen molar-refractivity contribution in [2.24, 2.45) is 0 Å². The van der Waals surface area contributed by atoms with E-state index in [2.05, 4.69) is 4.90 Å². The van der Waals surface area contributed by atoms with Gasteiger partial charge in [-0.15, -0.1) is 0 Å². The van der Waals surface area contributed by atoms with E-state index in [1.54, 1.807) is 0 Å². The van der Waals surface area contributed by atoms with E-state index in [1.165, 1.54) is 5.56 Å². The smallest absolute Gasteiger partial charge is 0.264 e. The molecule has 0 fully saturated rings. The van der Waals surface area contributed by atoms with Crippen LogP contribution in [-0.4, -0.2) is 31.8 Å². The van der Waals surface area contributed by atoms with Crippen LogP contribution in [0.2, 0.25) is 0 Å². The van der Waals surface area contributed by atoms with Crippen LogP contribution in [-0.2, 0) is 10.1 Å². The maximum atomic E-state index is 10.6. The van der Waals surface area contributed by atoms with Gasteiger partial charge in [0.2, 0.25) is 0 Å². The van der Waals surface area contributed by atoms with Crippen LogP contribution < -0.4 is 4.90 Å². The first-order valence-corrected chi connectivity index (χ1v) is 7.30. The highest BCUT2D eigenvalue weighted by Gasteiger charge is 2.07. The van der Waals surface area contributed by atoms with Gasteiger partial charge >= 0.3 is 0 Å². The molecule has 0 spiro atoms. The Morgan fingerprint density at radius 1 is 1.24 bits per heavy atom. The van der Waals surface area contributed by atoms with Gasteiger partial charge in [-0.3, -0.25) is 4.55 Å². The van der Waals surface area contributed by atoms with Crippen LogP contribution in [0.25, 0.3) is 0 Å². The highest BCUT2D eigenvalue weighted by atomic mass is 32.2. The summed E-state index contributed by atoms with van der Waals surface area (Å²) in [7, 11) is -3.84. The Kier molecular flexibility index (Phi) is 4.96. The molecule has 0 saturated heterocycles. The predicted molar refractivity (Wildman–Crippen MR) is 70.1 cm³/mol. The number of aryl methyl sites for hydroxylation is 1. The van der Waals surface area contributed by atoms with E-state index >= 15 is 0 Å². The third-order valence-corrected chi connectivity index (χ3v) is 3.42. The van der Waals surface area contributed by atoms with Gasteiger partial charge in [-0.2, -0.15) is 8.42 Å². The van der Waals surface area contributed by atoms with Gasteiger partial charge in [0.15, 0.2) is 0 Å². The van der Waals surface area contributed by atoms with Gasteiger partial charge < -0.3 is 4.90 Å². The summed E-state index contributed by atoms with van der Waals surface area (Å²) in [6.07, 6.45) is 0.431. The lowest BCUT2D eigenvalue weighted by Crippen LogP contribution is -2.25. The summed E-state index contributed by atoms with van der Waals surface area (Å²) < 4.78 is 29.9. The first-order chi connectivity index (χ1) is 7.92. The number of hydrogen-bond acceptors (Lipinski definition) is 3. The molecular weight excluding hydrogens is 238 g/mol. The Hall–Kier alpha value is -1.07. The van der Waals surface area contributed by atoms with Gasteiger partial charge in [-0.25, -0.2) is 0 Å². The topological polar surface area (TPSA) is 57.6 Å². The quantitative estimate of drug-likeness (QED) is 0.793. The van der Waals surface area contributed by atoms with Crippen molar-refractivity contribution in [1.29, 1.82) is 0 Å². The monoisotopic (exact) mass is 257 g/mol. The average Bonchev–Trinajstić information content (AvgIpc) is 2.24. The second kappa shape index (κ2) is 6.02. The molecule has 96 valence electrons. The Balaban J connectivity index is 2.57. The summed E-state index contributed by atoms with van der Waals surface area (Å²) in [6.45, 7) is 5.49. The van der Waals surface area contributed by atoms with E-state index in [0.29, 0.717) is 13.0 Å². The molecule has 0 heterocycles. The normalized spacial score (nSPS) is 11.5. The minimum atomic E-state index is -3.84. The molecule has 0 bridgehead atoms. The Bertz CT molecular complexity index is 439. The zero-order valence-corrected chi connectivity index (χ0v) is 11.1. The largest absolute Gasteiger partial charge is 0.372 e. The molecule has 0 aromatic heterocycles. The minimum absolute atomic E-state index is 0.185. The molecule has 1 aromatic carbocycles. The summed E-state index contributed by atoms with van der Waals surface area (Å²) >= 11 is 0. The Morgan fingerprint density at radius 3 is 2.29 bits per heavy atom. The molecular formula is C12H19NO3S. The van der Waals surface area contributed by atoms with E-state index in [4.69, 9.17) is 4.55 Å².